The molecule has 0 spiro atoms. The first-order valence-corrected chi connectivity index (χ1v) is 6.85. The second-order valence-corrected chi connectivity index (χ2v) is 5.76. The average molecular weight is 264 g/mol. The number of rotatable bonds is 5. The molecule has 2 nitrogen and oxygen atoms in total. The molecule has 0 aliphatic rings. The molecular formula is C14H17FN2S. The summed E-state index contributed by atoms with van der Waals surface area (Å²) in [6.07, 6.45) is 2.57. The molecule has 0 amide bonds. The first-order valence-electron chi connectivity index (χ1n) is 6.03. The highest BCUT2D eigenvalue weighted by molar-refractivity contribution is 7.11. The van der Waals surface area contributed by atoms with Gasteiger partial charge in [-0.3, -0.25) is 0 Å². The molecule has 1 atom stereocenters. The number of aromatic nitrogens is 1. The van der Waals surface area contributed by atoms with Gasteiger partial charge in [0.2, 0.25) is 0 Å². The van der Waals surface area contributed by atoms with Gasteiger partial charge in [-0.2, -0.15) is 0 Å². The molecule has 0 fully saturated rings. The standard InChI is InChI=1S/C14H17FN2S/c1-10(7-12-5-3-4-6-13(12)15)16-9-14-17-8-11(2)18-14/h3-6,8,10,16H,7,9H2,1-2H3. The van der Waals surface area contributed by atoms with Gasteiger partial charge in [0.15, 0.2) is 0 Å². The smallest absolute Gasteiger partial charge is 0.126 e. The maximum absolute atomic E-state index is 13.5. The molecule has 2 aromatic rings. The minimum Gasteiger partial charge on any atom is -0.308 e. The first-order chi connectivity index (χ1) is 8.65. The third-order valence-corrected chi connectivity index (χ3v) is 3.67. The van der Waals surface area contributed by atoms with Gasteiger partial charge in [-0.05, 0) is 31.9 Å². The van der Waals surface area contributed by atoms with Crippen LogP contribution in [-0.2, 0) is 13.0 Å². The Morgan fingerprint density at radius 3 is 2.83 bits per heavy atom. The summed E-state index contributed by atoms with van der Waals surface area (Å²) in [4.78, 5) is 5.51. The van der Waals surface area contributed by atoms with Gasteiger partial charge >= 0.3 is 0 Å². The van der Waals surface area contributed by atoms with Crippen molar-refractivity contribution in [1.29, 1.82) is 0 Å². The molecule has 0 aliphatic carbocycles. The third kappa shape index (κ3) is 3.62. The molecule has 1 unspecified atom stereocenters. The number of hydrogen-bond donors (Lipinski definition) is 1. The molecule has 0 saturated heterocycles. The molecule has 1 N–H and O–H groups in total. The molecular weight excluding hydrogens is 247 g/mol. The van der Waals surface area contributed by atoms with E-state index in [1.54, 1.807) is 17.4 Å². The van der Waals surface area contributed by atoms with Crippen LogP contribution in [0.4, 0.5) is 4.39 Å². The van der Waals surface area contributed by atoms with E-state index in [4.69, 9.17) is 0 Å². The zero-order chi connectivity index (χ0) is 13.0. The van der Waals surface area contributed by atoms with Crippen LogP contribution < -0.4 is 5.32 Å². The number of halogens is 1. The van der Waals surface area contributed by atoms with Crippen molar-refractivity contribution in [1.82, 2.24) is 10.3 Å². The van der Waals surface area contributed by atoms with Crippen molar-refractivity contribution in [2.45, 2.75) is 32.9 Å². The Morgan fingerprint density at radius 2 is 2.17 bits per heavy atom. The normalized spacial score (nSPS) is 12.6. The lowest BCUT2D eigenvalue weighted by molar-refractivity contribution is 0.525. The number of aryl methyl sites for hydroxylation is 1. The number of thiazole rings is 1. The summed E-state index contributed by atoms with van der Waals surface area (Å²) >= 11 is 1.69. The Balaban J connectivity index is 1.85. The lowest BCUT2D eigenvalue weighted by atomic mass is 10.1. The third-order valence-electron chi connectivity index (χ3n) is 2.75. The van der Waals surface area contributed by atoms with E-state index in [1.165, 1.54) is 10.9 Å². The van der Waals surface area contributed by atoms with Crippen LogP contribution in [0.25, 0.3) is 0 Å². The van der Waals surface area contributed by atoms with Crippen molar-refractivity contribution in [2.75, 3.05) is 0 Å². The fraction of sp³-hybridized carbons (Fsp3) is 0.357. The lowest BCUT2D eigenvalue weighted by Crippen LogP contribution is -2.27. The Labute approximate surface area is 111 Å². The second-order valence-electron chi connectivity index (χ2n) is 4.44. The molecule has 0 saturated carbocycles. The van der Waals surface area contributed by atoms with Crippen LogP contribution in [-0.4, -0.2) is 11.0 Å². The van der Waals surface area contributed by atoms with E-state index in [-0.39, 0.29) is 11.9 Å². The molecule has 96 valence electrons. The van der Waals surface area contributed by atoms with E-state index in [2.05, 4.69) is 17.2 Å². The highest BCUT2D eigenvalue weighted by Crippen LogP contribution is 2.12. The monoisotopic (exact) mass is 264 g/mol. The zero-order valence-corrected chi connectivity index (χ0v) is 11.4. The largest absolute Gasteiger partial charge is 0.308 e. The maximum Gasteiger partial charge on any atom is 0.126 e. The van der Waals surface area contributed by atoms with E-state index in [0.29, 0.717) is 6.42 Å². The van der Waals surface area contributed by atoms with Crippen LogP contribution in [0.15, 0.2) is 30.5 Å². The van der Waals surface area contributed by atoms with Crippen molar-refractivity contribution in [3.8, 4) is 0 Å². The lowest BCUT2D eigenvalue weighted by Gasteiger charge is -2.13. The number of benzene rings is 1. The summed E-state index contributed by atoms with van der Waals surface area (Å²) < 4.78 is 13.5. The molecule has 4 heteroatoms. The number of hydrogen-bond acceptors (Lipinski definition) is 3. The molecule has 1 aromatic carbocycles. The van der Waals surface area contributed by atoms with Crippen molar-refractivity contribution >= 4 is 11.3 Å². The van der Waals surface area contributed by atoms with Crippen LogP contribution in [0.1, 0.15) is 22.4 Å². The molecule has 1 aromatic heterocycles. The summed E-state index contributed by atoms with van der Waals surface area (Å²) in [5.41, 5.74) is 0.757. The Bertz CT molecular complexity index is 510. The predicted molar refractivity (Wildman–Crippen MR) is 73.3 cm³/mol. The summed E-state index contributed by atoms with van der Waals surface area (Å²) in [6.45, 7) is 4.85. The van der Waals surface area contributed by atoms with Gasteiger partial charge < -0.3 is 5.32 Å². The van der Waals surface area contributed by atoms with E-state index in [0.717, 1.165) is 17.1 Å². The average Bonchev–Trinajstić information content (AvgIpc) is 2.76. The van der Waals surface area contributed by atoms with Gasteiger partial charge in [0, 0.05) is 23.7 Å². The molecule has 0 radical (unpaired) electrons. The molecule has 0 bridgehead atoms. The maximum atomic E-state index is 13.5. The number of nitrogens with zero attached hydrogens (tertiary/aromatic N) is 1. The van der Waals surface area contributed by atoms with Gasteiger partial charge in [0.1, 0.15) is 10.8 Å². The van der Waals surface area contributed by atoms with E-state index >= 15 is 0 Å². The van der Waals surface area contributed by atoms with Gasteiger partial charge in [0.25, 0.3) is 0 Å². The van der Waals surface area contributed by atoms with E-state index in [1.807, 2.05) is 25.3 Å². The van der Waals surface area contributed by atoms with Gasteiger partial charge in [-0.25, -0.2) is 9.37 Å². The van der Waals surface area contributed by atoms with Crippen molar-refractivity contribution < 1.29 is 4.39 Å². The summed E-state index contributed by atoms with van der Waals surface area (Å²) in [6, 6.07) is 7.16. The van der Waals surface area contributed by atoms with Crippen LogP contribution in [0.5, 0.6) is 0 Å². The van der Waals surface area contributed by atoms with Crippen molar-refractivity contribution in [3.63, 3.8) is 0 Å². The van der Waals surface area contributed by atoms with E-state index < -0.39 is 0 Å². The Morgan fingerprint density at radius 1 is 1.39 bits per heavy atom. The highest BCUT2D eigenvalue weighted by atomic mass is 32.1. The second kappa shape index (κ2) is 6.07. The van der Waals surface area contributed by atoms with Crippen molar-refractivity contribution in [2.24, 2.45) is 0 Å². The van der Waals surface area contributed by atoms with Gasteiger partial charge in [0.05, 0.1) is 0 Å². The van der Waals surface area contributed by atoms with Crippen LogP contribution in [0.3, 0.4) is 0 Å². The van der Waals surface area contributed by atoms with Gasteiger partial charge in [-0.1, -0.05) is 18.2 Å². The van der Waals surface area contributed by atoms with Gasteiger partial charge in [-0.15, -0.1) is 11.3 Å². The summed E-state index contributed by atoms with van der Waals surface area (Å²) in [7, 11) is 0. The van der Waals surface area contributed by atoms with E-state index in [9.17, 15) is 4.39 Å². The SMILES string of the molecule is Cc1cnc(CNC(C)Cc2ccccc2F)s1. The topological polar surface area (TPSA) is 24.9 Å². The highest BCUT2D eigenvalue weighted by Gasteiger charge is 2.07. The van der Waals surface area contributed by atoms with Crippen LogP contribution >= 0.6 is 11.3 Å². The quantitative estimate of drug-likeness (QED) is 0.896. The molecule has 2 rings (SSSR count). The van der Waals surface area contributed by atoms with Crippen LogP contribution in [0, 0.1) is 12.7 Å². The Kier molecular flexibility index (Phi) is 4.44. The zero-order valence-electron chi connectivity index (χ0n) is 10.6. The predicted octanol–water partition coefficient (Wildman–Crippen LogP) is 3.31. The fourth-order valence-corrected chi connectivity index (χ4v) is 2.55. The molecule has 0 aliphatic heterocycles. The molecule has 1 heterocycles. The summed E-state index contributed by atoms with van der Waals surface area (Å²) in [5.74, 6) is -0.128. The van der Waals surface area contributed by atoms with Crippen molar-refractivity contribution in [3.05, 3.63) is 51.7 Å². The summed E-state index contributed by atoms with van der Waals surface area (Å²) in [5, 5.41) is 4.45. The minimum absolute atomic E-state index is 0.128. The molecule has 18 heavy (non-hydrogen) atoms. The Hall–Kier alpha value is -1.26. The minimum atomic E-state index is -0.128. The van der Waals surface area contributed by atoms with Crippen LogP contribution in [0.2, 0.25) is 0 Å². The first kappa shape index (κ1) is 13.2. The number of nitrogens with one attached hydrogen (secondary N) is 1. The fourth-order valence-electron chi connectivity index (χ4n) is 1.81.